The van der Waals surface area contributed by atoms with Crippen molar-refractivity contribution in [1.29, 1.82) is 0 Å². The summed E-state index contributed by atoms with van der Waals surface area (Å²) in [5, 5.41) is 11.1. The number of rotatable bonds is 5. The van der Waals surface area contributed by atoms with Gasteiger partial charge in [-0.2, -0.15) is 0 Å². The fourth-order valence-electron chi connectivity index (χ4n) is 3.32. The first-order valence-corrected chi connectivity index (χ1v) is 9.37. The number of nitrogens with zero attached hydrogens (tertiary/aromatic N) is 4. The van der Waals surface area contributed by atoms with E-state index in [0.717, 1.165) is 11.3 Å². The van der Waals surface area contributed by atoms with Crippen molar-refractivity contribution >= 4 is 0 Å². The molecule has 0 amide bonds. The minimum Gasteiger partial charge on any atom is -0.489 e. The quantitative estimate of drug-likeness (QED) is 0.501. The Hall–Kier alpha value is -3.78. The van der Waals surface area contributed by atoms with Gasteiger partial charge in [-0.05, 0) is 34.7 Å². The average molecular weight is 404 g/mol. The number of hydrogen-bond acceptors (Lipinski definition) is 6. The van der Waals surface area contributed by atoms with Gasteiger partial charge in [-0.15, -0.1) is 5.10 Å². The van der Waals surface area contributed by atoms with Gasteiger partial charge < -0.3 is 14.2 Å². The van der Waals surface area contributed by atoms with E-state index in [2.05, 4.69) is 15.5 Å². The van der Waals surface area contributed by atoms with Crippen LogP contribution in [-0.4, -0.2) is 20.2 Å². The van der Waals surface area contributed by atoms with E-state index in [1.54, 1.807) is 6.07 Å². The fourth-order valence-corrected chi connectivity index (χ4v) is 3.32. The summed E-state index contributed by atoms with van der Waals surface area (Å²) in [6.45, 7) is 0.398. The second-order valence-electron chi connectivity index (χ2n) is 6.77. The number of benzene rings is 3. The summed E-state index contributed by atoms with van der Waals surface area (Å²) in [6.07, 6.45) is 0.950. The predicted molar refractivity (Wildman–Crippen MR) is 104 cm³/mol. The molecule has 0 fully saturated rings. The van der Waals surface area contributed by atoms with E-state index in [-0.39, 0.29) is 19.0 Å². The Morgan fingerprint density at radius 3 is 2.80 bits per heavy atom. The molecular formula is C22H17FN4O3. The van der Waals surface area contributed by atoms with E-state index < -0.39 is 6.29 Å². The molecule has 0 bridgehead atoms. The van der Waals surface area contributed by atoms with Crippen LogP contribution in [0.15, 0.2) is 73.1 Å². The molecule has 150 valence electrons. The smallest absolute Gasteiger partial charge is 0.227 e. The summed E-state index contributed by atoms with van der Waals surface area (Å²) in [7, 11) is 0. The monoisotopic (exact) mass is 404 g/mol. The zero-order chi connectivity index (χ0) is 20.3. The Kier molecular flexibility index (Phi) is 4.82. The van der Waals surface area contributed by atoms with Crippen LogP contribution in [-0.2, 0) is 18.0 Å². The molecule has 7 nitrogen and oxygen atoms in total. The molecule has 0 aliphatic carbocycles. The summed E-state index contributed by atoms with van der Waals surface area (Å²) in [5.74, 6) is 0.834. The fraction of sp³-hybridized carbons (Fsp3) is 0.136. The normalized spacial score (nSPS) is 15.3. The van der Waals surface area contributed by atoms with Crippen molar-refractivity contribution in [3.8, 4) is 17.2 Å². The summed E-state index contributed by atoms with van der Waals surface area (Å²) < 4.78 is 33.5. The standard InChI is InChI=1S/C22H17FN4O3/c23-18-9-16(12-28-20-8-4-7-19(11-20)27-14-24-25-26-27)21-17(10-18)13-29-22(30-21)15-5-2-1-3-6-15/h1-11,14,22H,12-13H2/t22-/m1/s1. The van der Waals surface area contributed by atoms with Crippen molar-refractivity contribution in [2.75, 3.05) is 0 Å². The summed E-state index contributed by atoms with van der Waals surface area (Å²) >= 11 is 0. The van der Waals surface area contributed by atoms with E-state index in [1.165, 1.54) is 23.1 Å². The third-order valence-electron chi connectivity index (χ3n) is 4.72. The van der Waals surface area contributed by atoms with Gasteiger partial charge in [0.2, 0.25) is 6.29 Å². The molecule has 1 atom stereocenters. The molecule has 0 N–H and O–H groups in total. The van der Waals surface area contributed by atoms with E-state index in [0.29, 0.717) is 22.6 Å². The van der Waals surface area contributed by atoms with Crippen LogP contribution in [0.1, 0.15) is 23.0 Å². The molecule has 0 saturated carbocycles. The van der Waals surface area contributed by atoms with E-state index in [9.17, 15) is 4.39 Å². The Balaban J connectivity index is 1.38. The molecule has 8 heteroatoms. The van der Waals surface area contributed by atoms with Gasteiger partial charge in [-0.25, -0.2) is 9.07 Å². The topological polar surface area (TPSA) is 71.3 Å². The molecule has 30 heavy (non-hydrogen) atoms. The highest BCUT2D eigenvalue weighted by Crippen LogP contribution is 2.37. The first-order chi connectivity index (χ1) is 14.8. The Bertz CT molecular complexity index is 1150. The largest absolute Gasteiger partial charge is 0.489 e. The predicted octanol–water partition coefficient (Wildman–Crippen LogP) is 3.99. The highest BCUT2D eigenvalue weighted by molar-refractivity contribution is 5.44. The lowest BCUT2D eigenvalue weighted by molar-refractivity contribution is -0.112. The Labute approximate surface area is 171 Å². The molecule has 1 aliphatic rings. The van der Waals surface area contributed by atoms with Gasteiger partial charge in [0.05, 0.1) is 12.3 Å². The number of aromatic nitrogens is 4. The second-order valence-corrected chi connectivity index (χ2v) is 6.77. The number of ether oxygens (including phenoxy) is 3. The summed E-state index contributed by atoms with van der Waals surface area (Å²) in [5.41, 5.74) is 2.92. The van der Waals surface area contributed by atoms with Crippen LogP contribution in [0.3, 0.4) is 0 Å². The first-order valence-electron chi connectivity index (χ1n) is 9.37. The minimum absolute atomic E-state index is 0.140. The lowest BCUT2D eigenvalue weighted by atomic mass is 10.1. The van der Waals surface area contributed by atoms with Gasteiger partial charge in [-0.1, -0.05) is 36.4 Å². The number of halogens is 1. The van der Waals surface area contributed by atoms with Crippen LogP contribution in [0.25, 0.3) is 5.69 Å². The highest BCUT2D eigenvalue weighted by atomic mass is 19.1. The SMILES string of the molecule is Fc1cc(COc2cccc(-n3cnnn3)c2)c2c(c1)CO[C@@H](c1ccccc1)O2. The van der Waals surface area contributed by atoms with Crippen molar-refractivity contribution in [2.24, 2.45) is 0 Å². The lowest BCUT2D eigenvalue weighted by Crippen LogP contribution is -2.19. The Morgan fingerprint density at radius 2 is 1.97 bits per heavy atom. The third kappa shape index (κ3) is 3.72. The van der Waals surface area contributed by atoms with Crippen LogP contribution in [0.4, 0.5) is 4.39 Å². The van der Waals surface area contributed by atoms with Gasteiger partial charge in [0.15, 0.2) is 0 Å². The van der Waals surface area contributed by atoms with Crippen LogP contribution in [0, 0.1) is 5.82 Å². The number of hydrogen-bond donors (Lipinski definition) is 0. The van der Waals surface area contributed by atoms with E-state index >= 15 is 0 Å². The van der Waals surface area contributed by atoms with Crippen LogP contribution >= 0.6 is 0 Å². The van der Waals surface area contributed by atoms with Crippen molar-refractivity contribution in [3.05, 3.63) is 95.6 Å². The molecule has 5 rings (SSSR count). The maximum absolute atomic E-state index is 14.2. The summed E-state index contributed by atoms with van der Waals surface area (Å²) in [4.78, 5) is 0. The molecule has 0 saturated heterocycles. The minimum atomic E-state index is -0.550. The second kappa shape index (κ2) is 7.92. The van der Waals surface area contributed by atoms with E-state index in [4.69, 9.17) is 14.2 Å². The van der Waals surface area contributed by atoms with Gasteiger partial charge in [-0.3, -0.25) is 0 Å². The van der Waals surface area contributed by atoms with Gasteiger partial charge >= 0.3 is 0 Å². The van der Waals surface area contributed by atoms with Crippen LogP contribution in [0.5, 0.6) is 11.5 Å². The number of tetrazole rings is 1. The zero-order valence-electron chi connectivity index (χ0n) is 15.8. The molecule has 0 unspecified atom stereocenters. The molecule has 0 radical (unpaired) electrons. The molecule has 4 aromatic rings. The third-order valence-corrected chi connectivity index (χ3v) is 4.72. The molecule has 1 aliphatic heterocycles. The maximum atomic E-state index is 14.2. The summed E-state index contributed by atoms with van der Waals surface area (Å²) in [6, 6.07) is 19.8. The van der Waals surface area contributed by atoms with Crippen molar-refractivity contribution in [3.63, 3.8) is 0 Å². The molecule has 1 aromatic heterocycles. The zero-order valence-corrected chi connectivity index (χ0v) is 15.8. The van der Waals surface area contributed by atoms with Gasteiger partial charge in [0, 0.05) is 22.8 Å². The molecular weight excluding hydrogens is 387 g/mol. The molecule has 2 heterocycles. The number of fused-ring (bicyclic) bond motifs is 1. The van der Waals surface area contributed by atoms with Crippen molar-refractivity contribution in [2.45, 2.75) is 19.5 Å². The Morgan fingerprint density at radius 1 is 1.07 bits per heavy atom. The average Bonchev–Trinajstić information content (AvgIpc) is 3.33. The van der Waals surface area contributed by atoms with Crippen LogP contribution < -0.4 is 9.47 Å². The first kappa shape index (κ1) is 18.3. The van der Waals surface area contributed by atoms with Gasteiger partial charge in [0.25, 0.3) is 0 Å². The highest BCUT2D eigenvalue weighted by Gasteiger charge is 2.25. The molecule has 3 aromatic carbocycles. The van der Waals surface area contributed by atoms with Gasteiger partial charge in [0.1, 0.15) is 30.3 Å². The van der Waals surface area contributed by atoms with Crippen molar-refractivity contribution < 1.29 is 18.6 Å². The maximum Gasteiger partial charge on any atom is 0.227 e. The molecule has 0 spiro atoms. The van der Waals surface area contributed by atoms with Crippen molar-refractivity contribution in [1.82, 2.24) is 20.2 Å². The van der Waals surface area contributed by atoms with E-state index in [1.807, 2.05) is 48.5 Å². The van der Waals surface area contributed by atoms with Crippen LogP contribution in [0.2, 0.25) is 0 Å². The lowest BCUT2D eigenvalue weighted by Gasteiger charge is -2.28.